The number of nitrogens with zero attached hydrogens (tertiary/aromatic N) is 2. The van der Waals surface area contributed by atoms with Crippen molar-refractivity contribution in [3.8, 4) is 0 Å². The fraction of sp³-hybridized carbons (Fsp3) is 0.615. The second-order valence-corrected chi connectivity index (χ2v) is 4.70. The van der Waals surface area contributed by atoms with Crippen LogP contribution >= 0.6 is 0 Å². The van der Waals surface area contributed by atoms with E-state index < -0.39 is 0 Å². The van der Waals surface area contributed by atoms with E-state index in [4.69, 9.17) is 0 Å². The van der Waals surface area contributed by atoms with Crippen LogP contribution in [0, 0.1) is 0 Å². The van der Waals surface area contributed by atoms with Gasteiger partial charge in [-0.2, -0.15) is 0 Å². The molecule has 2 N–H and O–H groups in total. The Hall–Kier alpha value is -0.970. The number of nitrogens with one attached hydrogen (secondary N) is 2. The van der Waals surface area contributed by atoms with Crippen LogP contribution in [0.2, 0.25) is 0 Å². The average molecular weight is 234 g/mol. The average Bonchev–Trinajstić information content (AvgIpc) is 2.39. The predicted octanol–water partition coefficient (Wildman–Crippen LogP) is 0.636. The number of aromatic nitrogens is 1. The van der Waals surface area contributed by atoms with Crippen molar-refractivity contribution in [3.05, 3.63) is 30.1 Å². The van der Waals surface area contributed by atoms with E-state index in [1.54, 1.807) is 0 Å². The Labute approximate surface area is 103 Å². The summed E-state index contributed by atoms with van der Waals surface area (Å²) in [6.45, 7) is 3.32. The van der Waals surface area contributed by atoms with Gasteiger partial charge in [0.2, 0.25) is 0 Å². The third-order valence-electron chi connectivity index (χ3n) is 3.61. The molecule has 2 unspecified atom stereocenters. The highest BCUT2D eigenvalue weighted by molar-refractivity contribution is 5.15. The summed E-state index contributed by atoms with van der Waals surface area (Å²) in [4.78, 5) is 6.52. The Balaban J connectivity index is 1.99. The van der Waals surface area contributed by atoms with Gasteiger partial charge in [-0.15, -0.1) is 0 Å². The van der Waals surface area contributed by atoms with Gasteiger partial charge in [-0.1, -0.05) is 0 Å². The smallest absolute Gasteiger partial charge is 0.0334 e. The van der Waals surface area contributed by atoms with Gasteiger partial charge < -0.3 is 15.5 Å². The number of hydrogen-bond acceptors (Lipinski definition) is 4. The number of likely N-dealkylation sites (N-methyl/N-ethyl adjacent to an activating group) is 1. The minimum absolute atomic E-state index is 0.408. The molecule has 0 spiro atoms. The number of hydrogen-bond donors (Lipinski definition) is 2. The Bertz CT molecular complexity index is 327. The summed E-state index contributed by atoms with van der Waals surface area (Å²) in [7, 11) is 4.24. The topological polar surface area (TPSA) is 40.2 Å². The molecule has 1 aliphatic rings. The predicted molar refractivity (Wildman–Crippen MR) is 69.9 cm³/mol. The lowest BCUT2D eigenvalue weighted by Gasteiger charge is -2.35. The molecule has 1 aromatic rings. The molecule has 4 nitrogen and oxygen atoms in total. The summed E-state index contributed by atoms with van der Waals surface area (Å²) in [5.74, 6) is 0. The van der Waals surface area contributed by atoms with E-state index in [1.807, 2.05) is 19.4 Å². The van der Waals surface area contributed by atoms with Gasteiger partial charge in [0.1, 0.15) is 0 Å². The minimum Gasteiger partial charge on any atom is -0.314 e. The van der Waals surface area contributed by atoms with Crippen molar-refractivity contribution in [3.63, 3.8) is 0 Å². The summed E-state index contributed by atoms with van der Waals surface area (Å²) < 4.78 is 0. The molecule has 0 aliphatic carbocycles. The Morgan fingerprint density at radius 2 is 2.29 bits per heavy atom. The summed E-state index contributed by atoms with van der Waals surface area (Å²) >= 11 is 0. The van der Waals surface area contributed by atoms with Gasteiger partial charge in [-0.25, -0.2) is 0 Å². The Morgan fingerprint density at radius 1 is 1.53 bits per heavy atom. The van der Waals surface area contributed by atoms with Gasteiger partial charge in [0, 0.05) is 44.1 Å². The molecule has 0 aromatic carbocycles. The van der Waals surface area contributed by atoms with Crippen molar-refractivity contribution in [2.45, 2.75) is 18.5 Å². The summed E-state index contributed by atoms with van der Waals surface area (Å²) in [5.41, 5.74) is 1.32. The van der Waals surface area contributed by atoms with Gasteiger partial charge in [-0.05, 0) is 38.2 Å². The normalized spacial score (nSPS) is 23.5. The quantitative estimate of drug-likeness (QED) is 0.802. The zero-order valence-corrected chi connectivity index (χ0v) is 10.7. The second-order valence-electron chi connectivity index (χ2n) is 4.70. The number of pyridine rings is 1. The van der Waals surface area contributed by atoms with Crippen molar-refractivity contribution in [1.29, 1.82) is 0 Å². The summed E-state index contributed by atoms with van der Waals surface area (Å²) in [6, 6.07) is 5.20. The largest absolute Gasteiger partial charge is 0.314 e. The second kappa shape index (κ2) is 6.10. The van der Waals surface area contributed by atoms with E-state index in [9.17, 15) is 0 Å². The molecule has 1 fully saturated rings. The third-order valence-corrected chi connectivity index (χ3v) is 3.61. The first-order chi connectivity index (χ1) is 8.31. The van der Waals surface area contributed by atoms with E-state index in [2.05, 4.69) is 39.7 Å². The van der Waals surface area contributed by atoms with E-state index in [1.165, 1.54) is 5.56 Å². The van der Waals surface area contributed by atoms with E-state index in [0.717, 1.165) is 26.1 Å². The molecule has 2 rings (SSSR count). The van der Waals surface area contributed by atoms with Crippen LogP contribution < -0.4 is 10.6 Å². The van der Waals surface area contributed by atoms with Crippen LogP contribution in [0.1, 0.15) is 18.0 Å². The molecule has 17 heavy (non-hydrogen) atoms. The van der Waals surface area contributed by atoms with Crippen LogP contribution in [0.5, 0.6) is 0 Å². The molecule has 2 atom stereocenters. The van der Waals surface area contributed by atoms with Gasteiger partial charge in [0.05, 0.1) is 0 Å². The molecular weight excluding hydrogens is 212 g/mol. The van der Waals surface area contributed by atoms with E-state index in [0.29, 0.717) is 12.1 Å². The van der Waals surface area contributed by atoms with Crippen LogP contribution in [0.3, 0.4) is 0 Å². The molecule has 1 saturated heterocycles. The fourth-order valence-corrected chi connectivity index (χ4v) is 2.41. The van der Waals surface area contributed by atoms with Gasteiger partial charge >= 0.3 is 0 Å². The van der Waals surface area contributed by atoms with E-state index >= 15 is 0 Å². The molecule has 0 saturated carbocycles. The maximum atomic E-state index is 4.07. The zero-order chi connectivity index (χ0) is 12.1. The minimum atomic E-state index is 0.408. The van der Waals surface area contributed by atoms with Crippen LogP contribution in [-0.2, 0) is 0 Å². The van der Waals surface area contributed by atoms with Crippen LogP contribution in [0.4, 0.5) is 0 Å². The number of rotatable bonds is 4. The monoisotopic (exact) mass is 234 g/mol. The maximum absolute atomic E-state index is 4.07. The van der Waals surface area contributed by atoms with Crippen molar-refractivity contribution in [2.75, 3.05) is 33.7 Å². The first kappa shape index (κ1) is 12.5. The van der Waals surface area contributed by atoms with Crippen molar-refractivity contribution < 1.29 is 0 Å². The highest BCUT2D eigenvalue weighted by atomic mass is 15.2. The highest BCUT2D eigenvalue weighted by Gasteiger charge is 2.22. The summed E-state index contributed by atoms with van der Waals surface area (Å²) in [6.07, 6.45) is 4.86. The molecule has 94 valence electrons. The molecule has 0 amide bonds. The molecule has 1 aliphatic heterocycles. The third kappa shape index (κ3) is 3.25. The van der Waals surface area contributed by atoms with Gasteiger partial charge in [0.15, 0.2) is 0 Å². The molecule has 1 aromatic heterocycles. The standard InChI is InChI=1S/C13H22N4/c1-14-13(11-3-5-15-6-4-11)9-12-10-16-7-8-17(12)2/h3-6,12-14,16H,7-10H2,1-2H3. The number of piperazine rings is 1. The van der Waals surface area contributed by atoms with Crippen LogP contribution in [-0.4, -0.2) is 49.7 Å². The van der Waals surface area contributed by atoms with Crippen molar-refractivity contribution in [1.82, 2.24) is 20.5 Å². The summed E-state index contributed by atoms with van der Waals surface area (Å²) in [5, 5.41) is 6.87. The van der Waals surface area contributed by atoms with Crippen LogP contribution in [0.25, 0.3) is 0 Å². The first-order valence-corrected chi connectivity index (χ1v) is 6.29. The molecule has 4 heteroatoms. The Kier molecular flexibility index (Phi) is 4.48. The van der Waals surface area contributed by atoms with Crippen LogP contribution in [0.15, 0.2) is 24.5 Å². The first-order valence-electron chi connectivity index (χ1n) is 6.29. The lowest BCUT2D eigenvalue weighted by Crippen LogP contribution is -2.50. The maximum Gasteiger partial charge on any atom is 0.0334 e. The van der Waals surface area contributed by atoms with Crippen molar-refractivity contribution in [2.24, 2.45) is 0 Å². The Morgan fingerprint density at radius 3 is 2.94 bits per heavy atom. The molecular formula is C13H22N4. The molecule has 0 bridgehead atoms. The zero-order valence-electron chi connectivity index (χ0n) is 10.7. The van der Waals surface area contributed by atoms with Crippen molar-refractivity contribution >= 4 is 0 Å². The van der Waals surface area contributed by atoms with Gasteiger partial charge in [-0.3, -0.25) is 4.98 Å². The lowest BCUT2D eigenvalue weighted by molar-refractivity contribution is 0.178. The molecule has 2 heterocycles. The van der Waals surface area contributed by atoms with Gasteiger partial charge in [0.25, 0.3) is 0 Å². The SMILES string of the molecule is CNC(CC1CNCCN1C)c1ccncc1. The molecule has 0 radical (unpaired) electrons. The highest BCUT2D eigenvalue weighted by Crippen LogP contribution is 2.20. The van der Waals surface area contributed by atoms with E-state index in [-0.39, 0.29) is 0 Å². The fourth-order valence-electron chi connectivity index (χ4n) is 2.41. The lowest BCUT2D eigenvalue weighted by atomic mass is 9.98.